The van der Waals surface area contributed by atoms with E-state index in [0.717, 1.165) is 17.5 Å². The first-order valence-electron chi connectivity index (χ1n) is 10.3. The van der Waals surface area contributed by atoms with Gasteiger partial charge in [0.2, 0.25) is 12.5 Å². The van der Waals surface area contributed by atoms with Gasteiger partial charge < -0.3 is 28.1 Å². The molecule has 3 aliphatic heterocycles. The summed E-state index contributed by atoms with van der Waals surface area (Å²) >= 11 is 0. The normalized spacial score (nSPS) is 31.8. The van der Waals surface area contributed by atoms with E-state index in [4.69, 9.17) is 28.1 Å². The van der Waals surface area contributed by atoms with E-state index in [1.807, 2.05) is 6.07 Å². The van der Waals surface area contributed by atoms with Gasteiger partial charge in [0, 0.05) is 31.8 Å². The number of rotatable bonds is 4. The van der Waals surface area contributed by atoms with Crippen molar-refractivity contribution < 1.29 is 32.9 Å². The molecule has 1 aromatic heterocycles. The third-order valence-corrected chi connectivity index (χ3v) is 7.03. The molecule has 1 unspecified atom stereocenters. The summed E-state index contributed by atoms with van der Waals surface area (Å²) in [4.78, 5) is 15.2. The average molecular weight is 425 g/mol. The molecule has 5 atom stereocenters. The first-order chi connectivity index (χ1) is 15.2. The van der Waals surface area contributed by atoms with Crippen LogP contribution < -0.4 is 14.2 Å². The van der Waals surface area contributed by atoms with Crippen molar-refractivity contribution in [2.75, 3.05) is 27.6 Å². The Hall–Kier alpha value is -2.97. The Labute approximate surface area is 179 Å². The van der Waals surface area contributed by atoms with Gasteiger partial charge in [0.05, 0.1) is 30.5 Å². The van der Waals surface area contributed by atoms with Crippen LogP contribution in [0.5, 0.6) is 17.2 Å². The first-order valence-corrected chi connectivity index (χ1v) is 10.3. The molecule has 1 aromatic carbocycles. The molecule has 0 saturated carbocycles. The quantitative estimate of drug-likeness (QED) is 0.547. The molecule has 2 aromatic rings. The van der Waals surface area contributed by atoms with Crippen LogP contribution in [0, 0.1) is 0 Å². The summed E-state index contributed by atoms with van der Waals surface area (Å²) in [6.07, 6.45) is 7.56. The van der Waals surface area contributed by atoms with Crippen LogP contribution in [0.15, 0.2) is 41.2 Å². The molecule has 31 heavy (non-hydrogen) atoms. The van der Waals surface area contributed by atoms with E-state index in [0.29, 0.717) is 35.9 Å². The number of hydrogen-bond donors (Lipinski definition) is 0. The summed E-state index contributed by atoms with van der Waals surface area (Å²) in [6.45, 7) is 1.44. The number of carbonyl (C=O) groups excluding carboxylic acids is 1. The van der Waals surface area contributed by atoms with E-state index < -0.39 is 11.4 Å². The van der Waals surface area contributed by atoms with Crippen LogP contribution in [-0.2, 0) is 21.4 Å². The monoisotopic (exact) mass is 425 g/mol. The molecule has 162 valence electrons. The second-order valence-electron chi connectivity index (χ2n) is 8.32. The second kappa shape index (κ2) is 6.77. The Balaban J connectivity index is 1.51. The first kappa shape index (κ1) is 18.8. The molecule has 8 heteroatoms. The summed E-state index contributed by atoms with van der Waals surface area (Å²) in [5.41, 5.74) is 1.98. The Morgan fingerprint density at radius 2 is 2.19 bits per heavy atom. The zero-order valence-corrected chi connectivity index (χ0v) is 17.3. The van der Waals surface area contributed by atoms with Gasteiger partial charge in [0.25, 0.3) is 0 Å². The SMILES string of the molecule is COc1c2c(cc3c1OCO3)[C@]13C=C[C@H](OC)C[C@@H]1N(C2)C[C@H]3OC(=O)c1ccoc1. The van der Waals surface area contributed by atoms with Gasteiger partial charge >= 0.3 is 5.97 Å². The van der Waals surface area contributed by atoms with Crippen LogP contribution in [0.4, 0.5) is 0 Å². The topological polar surface area (TPSA) is 79.6 Å². The largest absolute Gasteiger partial charge is 0.492 e. The predicted molar refractivity (Wildman–Crippen MR) is 107 cm³/mol. The molecule has 1 fully saturated rings. The summed E-state index contributed by atoms with van der Waals surface area (Å²) in [7, 11) is 3.37. The Morgan fingerprint density at radius 1 is 1.29 bits per heavy atom. The van der Waals surface area contributed by atoms with E-state index in [1.54, 1.807) is 20.3 Å². The summed E-state index contributed by atoms with van der Waals surface area (Å²) < 4.78 is 34.0. The van der Waals surface area contributed by atoms with E-state index in [2.05, 4.69) is 17.1 Å². The van der Waals surface area contributed by atoms with Crippen LogP contribution in [0.1, 0.15) is 27.9 Å². The summed E-state index contributed by atoms with van der Waals surface area (Å²) in [6, 6.07) is 3.78. The van der Waals surface area contributed by atoms with Crippen LogP contribution in [0.2, 0.25) is 0 Å². The highest BCUT2D eigenvalue weighted by atomic mass is 16.7. The number of benzene rings is 1. The molecule has 1 saturated heterocycles. The lowest BCUT2D eigenvalue weighted by Crippen LogP contribution is -2.53. The highest BCUT2D eigenvalue weighted by Crippen LogP contribution is 2.57. The van der Waals surface area contributed by atoms with E-state index in [-0.39, 0.29) is 25.0 Å². The van der Waals surface area contributed by atoms with Crippen LogP contribution in [-0.4, -0.2) is 56.7 Å². The Morgan fingerprint density at radius 3 is 2.97 bits per heavy atom. The van der Waals surface area contributed by atoms with Gasteiger partial charge in [-0.25, -0.2) is 4.79 Å². The second-order valence-corrected chi connectivity index (χ2v) is 8.32. The molecular formula is C23H23NO7. The molecule has 2 bridgehead atoms. The maximum Gasteiger partial charge on any atom is 0.341 e. The summed E-state index contributed by atoms with van der Waals surface area (Å²) in [5, 5.41) is 0. The molecule has 0 radical (unpaired) electrons. The van der Waals surface area contributed by atoms with Crippen molar-refractivity contribution in [1.82, 2.24) is 4.90 Å². The van der Waals surface area contributed by atoms with Crippen LogP contribution in [0.25, 0.3) is 0 Å². The van der Waals surface area contributed by atoms with Crippen LogP contribution in [0.3, 0.4) is 0 Å². The fraction of sp³-hybridized carbons (Fsp3) is 0.435. The van der Waals surface area contributed by atoms with Crippen molar-refractivity contribution in [3.63, 3.8) is 0 Å². The zero-order chi connectivity index (χ0) is 21.2. The van der Waals surface area contributed by atoms with E-state index in [9.17, 15) is 4.79 Å². The van der Waals surface area contributed by atoms with Gasteiger partial charge in [-0.2, -0.15) is 0 Å². The van der Waals surface area contributed by atoms with E-state index >= 15 is 0 Å². The Bertz CT molecular complexity index is 1060. The van der Waals surface area contributed by atoms with Crippen LogP contribution >= 0.6 is 0 Å². The number of nitrogens with zero attached hydrogens (tertiary/aromatic N) is 1. The average Bonchev–Trinajstić information content (AvgIpc) is 3.52. The highest BCUT2D eigenvalue weighted by Gasteiger charge is 2.61. The molecule has 6 rings (SSSR count). The number of ether oxygens (including phenoxy) is 5. The molecular weight excluding hydrogens is 402 g/mol. The number of methoxy groups -OCH3 is 2. The molecule has 4 aliphatic rings. The fourth-order valence-electron chi connectivity index (χ4n) is 5.65. The van der Waals surface area contributed by atoms with Crippen molar-refractivity contribution in [3.05, 3.63) is 53.5 Å². The predicted octanol–water partition coefficient (Wildman–Crippen LogP) is 2.65. The lowest BCUT2D eigenvalue weighted by atomic mass is 9.65. The smallest absolute Gasteiger partial charge is 0.341 e. The minimum atomic E-state index is -0.531. The van der Waals surface area contributed by atoms with Crippen molar-refractivity contribution in [3.8, 4) is 17.2 Å². The van der Waals surface area contributed by atoms with Gasteiger partial charge in [-0.1, -0.05) is 12.2 Å². The number of carbonyl (C=O) groups is 1. The maximum atomic E-state index is 12.8. The minimum absolute atomic E-state index is 0.0152. The van der Waals surface area contributed by atoms with Gasteiger partial charge in [0.15, 0.2) is 11.5 Å². The third kappa shape index (κ3) is 2.52. The van der Waals surface area contributed by atoms with Gasteiger partial charge in [0.1, 0.15) is 12.4 Å². The van der Waals surface area contributed by atoms with E-state index in [1.165, 1.54) is 12.5 Å². The van der Waals surface area contributed by atoms with Gasteiger partial charge in [-0.3, -0.25) is 4.90 Å². The molecule has 0 spiro atoms. The standard InChI is InChI=1S/C23H23NO7/c1-26-14-3-5-23-16-8-17-21(30-12-29-17)20(27-2)15(16)9-24(18(23)7-14)10-19(23)31-22(25)13-4-6-28-11-13/h3-6,8,11,14,18-19H,7,9-10,12H2,1-2H3/t14-,18-,19+,23+/m0/s1. The fourth-order valence-corrected chi connectivity index (χ4v) is 5.65. The highest BCUT2D eigenvalue weighted by molar-refractivity contribution is 5.89. The van der Waals surface area contributed by atoms with Crippen molar-refractivity contribution in [2.45, 2.75) is 36.6 Å². The third-order valence-electron chi connectivity index (χ3n) is 7.03. The minimum Gasteiger partial charge on any atom is -0.492 e. The van der Waals surface area contributed by atoms with Crippen molar-refractivity contribution in [2.24, 2.45) is 0 Å². The number of hydrogen-bond acceptors (Lipinski definition) is 8. The van der Waals surface area contributed by atoms with Gasteiger partial charge in [-0.15, -0.1) is 0 Å². The number of fused-ring (bicyclic) bond motifs is 2. The lowest BCUT2D eigenvalue weighted by Gasteiger charge is -2.46. The van der Waals surface area contributed by atoms with Crippen molar-refractivity contribution in [1.29, 1.82) is 0 Å². The molecule has 1 aliphatic carbocycles. The lowest BCUT2D eigenvalue weighted by molar-refractivity contribution is 0.0186. The number of furan rings is 1. The van der Waals surface area contributed by atoms with Crippen molar-refractivity contribution >= 4 is 5.97 Å². The maximum absolute atomic E-state index is 12.8. The molecule has 0 amide bonds. The Kier molecular flexibility index (Phi) is 4.10. The molecule has 8 nitrogen and oxygen atoms in total. The van der Waals surface area contributed by atoms with Gasteiger partial charge in [-0.05, 0) is 24.1 Å². The zero-order valence-electron chi connectivity index (χ0n) is 17.3. The summed E-state index contributed by atoms with van der Waals surface area (Å²) in [5.74, 6) is 1.60. The molecule has 4 heterocycles. The number of esters is 1. The molecule has 0 N–H and O–H groups in total.